The normalized spacial score (nSPS) is 14.0. The maximum atomic E-state index is 13.4. The van der Waals surface area contributed by atoms with Gasteiger partial charge in [-0.2, -0.15) is 5.26 Å². The fourth-order valence-corrected chi connectivity index (χ4v) is 4.54. The number of thioether (sulfide) groups is 1. The summed E-state index contributed by atoms with van der Waals surface area (Å²) in [5.74, 6) is 1.44. The molecule has 1 amide bonds. The molecule has 1 aliphatic carbocycles. The number of nitrogens with zero attached hydrogens (tertiary/aromatic N) is 5. The molecule has 1 aliphatic rings. The third-order valence-corrected chi connectivity index (χ3v) is 6.63. The van der Waals surface area contributed by atoms with Crippen LogP contribution in [0.5, 0.6) is 0 Å². The van der Waals surface area contributed by atoms with Crippen molar-refractivity contribution in [1.29, 1.82) is 5.26 Å². The molecule has 1 saturated carbocycles. The van der Waals surface area contributed by atoms with Gasteiger partial charge in [0.15, 0.2) is 5.16 Å². The van der Waals surface area contributed by atoms with Gasteiger partial charge < -0.3 is 9.47 Å². The summed E-state index contributed by atoms with van der Waals surface area (Å²) in [4.78, 5) is 15.1. The van der Waals surface area contributed by atoms with Crippen LogP contribution >= 0.6 is 11.8 Å². The molecule has 0 N–H and O–H groups in total. The number of hydrogen-bond acceptors (Lipinski definition) is 5. The molecule has 3 aromatic rings. The lowest BCUT2D eigenvalue weighted by molar-refractivity contribution is -0.117. The van der Waals surface area contributed by atoms with E-state index in [0.29, 0.717) is 19.0 Å². The Morgan fingerprint density at radius 1 is 1.19 bits per heavy atom. The first-order chi connectivity index (χ1) is 15.6. The van der Waals surface area contributed by atoms with Crippen molar-refractivity contribution in [1.82, 2.24) is 14.8 Å². The molecule has 0 radical (unpaired) electrons. The highest BCUT2D eigenvalue weighted by Gasteiger charge is 2.32. The maximum Gasteiger partial charge on any atom is 0.240 e. The van der Waals surface area contributed by atoms with E-state index < -0.39 is 0 Å². The van der Waals surface area contributed by atoms with Crippen LogP contribution in [0.25, 0.3) is 0 Å². The van der Waals surface area contributed by atoms with Gasteiger partial charge in [-0.15, -0.1) is 10.2 Å². The zero-order valence-electron chi connectivity index (χ0n) is 18.4. The molecule has 0 aliphatic heterocycles. The SMILES string of the molecule is Cc1ccc(N(CCC#N)C(=O)C(C)Sc2nnc(C3CC3)n2Cc2ccccc2)cc1. The highest BCUT2D eigenvalue weighted by atomic mass is 32.2. The van der Waals surface area contributed by atoms with Crippen LogP contribution in [0.15, 0.2) is 59.8 Å². The van der Waals surface area contributed by atoms with Crippen LogP contribution in [0.2, 0.25) is 0 Å². The fourth-order valence-electron chi connectivity index (χ4n) is 3.63. The van der Waals surface area contributed by atoms with E-state index in [4.69, 9.17) is 5.26 Å². The van der Waals surface area contributed by atoms with E-state index in [1.54, 1.807) is 4.90 Å². The number of rotatable bonds is 9. The van der Waals surface area contributed by atoms with Gasteiger partial charge in [0.05, 0.1) is 24.3 Å². The van der Waals surface area contributed by atoms with E-state index in [9.17, 15) is 4.79 Å². The van der Waals surface area contributed by atoms with Gasteiger partial charge in [-0.25, -0.2) is 0 Å². The fraction of sp³-hybridized carbons (Fsp3) is 0.360. The van der Waals surface area contributed by atoms with Crippen LogP contribution in [0.3, 0.4) is 0 Å². The van der Waals surface area contributed by atoms with E-state index in [0.717, 1.165) is 35.1 Å². The van der Waals surface area contributed by atoms with Gasteiger partial charge in [-0.3, -0.25) is 4.79 Å². The molecule has 1 fully saturated rings. The molecule has 2 aromatic carbocycles. The third-order valence-electron chi connectivity index (χ3n) is 5.56. The summed E-state index contributed by atoms with van der Waals surface area (Å²) in [6.45, 7) is 4.98. The molecule has 0 spiro atoms. The Balaban J connectivity index is 1.55. The molecule has 0 bridgehead atoms. The number of amides is 1. The topological polar surface area (TPSA) is 74.8 Å². The molecule has 6 nitrogen and oxygen atoms in total. The zero-order chi connectivity index (χ0) is 22.5. The van der Waals surface area contributed by atoms with Gasteiger partial charge in [0.2, 0.25) is 5.91 Å². The zero-order valence-corrected chi connectivity index (χ0v) is 19.3. The van der Waals surface area contributed by atoms with E-state index in [1.807, 2.05) is 56.3 Å². The number of anilines is 1. The Morgan fingerprint density at radius 2 is 1.91 bits per heavy atom. The summed E-state index contributed by atoms with van der Waals surface area (Å²) in [6, 6.07) is 20.3. The Kier molecular flexibility index (Phi) is 6.91. The van der Waals surface area contributed by atoms with E-state index in [-0.39, 0.29) is 17.6 Å². The monoisotopic (exact) mass is 445 g/mol. The lowest BCUT2D eigenvalue weighted by Gasteiger charge is -2.25. The standard InChI is InChI=1S/C25H27N5OS/c1-18-9-13-22(14-10-18)29(16-6-15-26)24(31)19(2)32-25-28-27-23(21-11-12-21)30(25)17-20-7-4-3-5-8-20/h3-5,7-10,13-14,19,21H,6,11-12,16-17H2,1-2H3. The van der Waals surface area contributed by atoms with Crippen molar-refractivity contribution in [3.05, 3.63) is 71.5 Å². The van der Waals surface area contributed by atoms with Crippen LogP contribution in [0.4, 0.5) is 5.69 Å². The third kappa shape index (κ3) is 5.20. The van der Waals surface area contributed by atoms with Crippen molar-refractivity contribution in [2.75, 3.05) is 11.4 Å². The number of hydrogen-bond donors (Lipinski definition) is 0. The molecule has 0 saturated heterocycles. The molecule has 1 aromatic heterocycles. The van der Waals surface area contributed by atoms with Crippen molar-refractivity contribution < 1.29 is 4.79 Å². The average molecular weight is 446 g/mol. The second kappa shape index (κ2) is 10.0. The first kappa shape index (κ1) is 22.1. The van der Waals surface area contributed by atoms with Crippen molar-refractivity contribution >= 4 is 23.4 Å². The average Bonchev–Trinajstić information content (AvgIpc) is 3.58. The van der Waals surface area contributed by atoms with Crippen molar-refractivity contribution in [2.24, 2.45) is 0 Å². The second-order valence-electron chi connectivity index (χ2n) is 8.18. The summed E-state index contributed by atoms with van der Waals surface area (Å²) >= 11 is 1.44. The summed E-state index contributed by atoms with van der Waals surface area (Å²) in [6.07, 6.45) is 2.57. The van der Waals surface area contributed by atoms with Gasteiger partial charge >= 0.3 is 0 Å². The molecule has 32 heavy (non-hydrogen) atoms. The molecule has 1 unspecified atom stereocenters. The highest BCUT2D eigenvalue weighted by Crippen LogP contribution is 2.40. The number of aromatic nitrogens is 3. The van der Waals surface area contributed by atoms with Crippen LogP contribution in [0, 0.1) is 18.3 Å². The first-order valence-electron chi connectivity index (χ1n) is 11.0. The second-order valence-corrected chi connectivity index (χ2v) is 9.49. The van der Waals surface area contributed by atoms with Crippen molar-refractivity contribution in [3.63, 3.8) is 0 Å². The van der Waals surface area contributed by atoms with Crippen LogP contribution in [-0.2, 0) is 11.3 Å². The van der Waals surface area contributed by atoms with Gasteiger partial charge in [0, 0.05) is 18.2 Å². The van der Waals surface area contributed by atoms with E-state index in [1.165, 1.54) is 17.3 Å². The number of nitriles is 1. The van der Waals surface area contributed by atoms with Crippen molar-refractivity contribution in [3.8, 4) is 6.07 Å². The Labute approximate surface area is 193 Å². The minimum Gasteiger partial charge on any atom is -0.310 e. The van der Waals surface area contributed by atoms with Gasteiger partial charge in [-0.1, -0.05) is 59.8 Å². The lowest BCUT2D eigenvalue weighted by atomic mass is 10.2. The van der Waals surface area contributed by atoms with Gasteiger partial charge in [0.1, 0.15) is 5.82 Å². The quantitative estimate of drug-likeness (QED) is 0.436. The molecule has 1 atom stereocenters. The van der Waals surface area contributed by atoms with Gasteiger partial charge in [0.25, 0.3) is 0 Å². The van der Waals surface area contributed by atoms with Crippen molar-refractivity contribution in [2.45, 2.75) is 56.0 Å². The summed E-state index contributed by atoms with van der Waals surface area (Å²) in [5, 5.41) is 18.4. The van der Waals surface area contributed by atoms with Gasteiger partial charge in [-0.05, 0) is 44.4 Å². The molecule has 164 valence electrons. The maximum absolute atomic E-state index is 13.4. The largest absolute Gasteiger partial charge is 0.310 e. The number of aryl methyl sites for hydroxylation is 1. The smallest absolute Gasteiger partial charge is 0.240 e. The lowest BCUT2D eigenvalue weighted by Crippen LogP contribution is -2.37. The molecule has 7 heteroatoms. The minimum atomic E-state index is -0.360. The summed E-state index contributed by atoms with van der Waals surface area (Å²) < 4.78 is 2.16. The Morgan fingerprint density at radius 3 is 2.56 bits per heavy atom. The van der Waals surface area contributed by atoms with Crippen LogP contribution < -0.4 is 4.90 Å². The Hall–Kier alpha value is -3.11. The summed E-state index contributed by atoms with van der Waals surface area (Å²) in [7, 11) is 0. The number of carbonyl (C=O) groups excluding carboxylic acids is 1. The molecular weight excluding hydrogens is 418 g/mol. The van der Waals surface area contributed by atoms with E-state index >= 15 is 0 Å². The number of benzene rings is 2. The molecule has 1 heterocycles. The first-order valence-corrected chi connectivity index (χ1v) is 11.8. The minimum absolute atomic E-state index is 0.0312. The summed E-state index contributed by atoms with van der Waals surface area (Å²) in [5.41, 5.74) is 3.13. The van der Waals surface area contributed by atoms with E-state index in [2.05, 4.69) is 33.0 Å². The highest BCUT2D eigenvalue weighted by molar-refractivity contribution is 8.00. The predicted molar refractivity (Wildman–Crippen MR) is 127 cm³/mol. The number of carbonyl (C=O) groups is 1. The van der Waals surface area contributed by atoms with Crippen LogP contribution in [0.1, 0.15) is 49.1 Å². The van der Waals surface area contributed by atoms with Crippen LogP contribution in [-0.4, -0.2) is 32.5 Å². The molecular formula is C25H27N5OS. The predicted octanol–water partition coefficient (Wildman–Crippen LogP) is 4.94. The Bertz CT molecular complexity index is 1100. The molecule has 4 rings (SSSR count).